The maximum atomic E-state index is 5.14. The second-order valence-electron chi connectivity index (χ2n) is 3.45. The summed E-state index contributed by atoms with van der Waals surface area (Å²) in [7, 11) is 1.68. The first kappa shape index (κ1) is 10.6. The predicted octanol–water partition coefficient (Wildman–Crippen LogP) is 2.71. The van der Waals surface area contributed by atoms with Gasteiger partial charge in [-0.15, -0.1) is 0 Å². The number of rotatable bonds is 4. The van der Waals surface area contributed by atoms with Crippen molar-refractivity contribution in [3.05, 3.63) is 41.6 Å². The summed E-state index contributed by atoms with van der Waals surface area (Å²) >= 11 is 0. The largest absolute Gasteiger partial charge is 0.497 e. The van der Waals surface area contributed by atoms with E-state index in [4.69, 9.17) is 4.74 Å². The summed E-state index contributed by atoms with van der Waals surface area (Å²) in [6.45, 7) is 4.97. The molecule has 0 aliphatic carbocycles. The summed E-state index contributed by atoms with van der Waals surface area (Å²) < 4.78 is 5.14. The molecule has 0 saturated heterocycles. The number of hydrogen-bond donors (Lipinski definition) is 1. The van der Waals surface area contributed by atoms with E-state index < -0.39 is 0 Å². The van der Waals surface area contributed by atoms with E-state index in [0.717, 1.165) is 12.3 Å². The molecule has 0 unspecified atom stereocenters. The number of hydrogen-bond acceptors (Lipinski definition) is 2. The van der Waals surface area contributed by atoms with Gasteiger partial charge in [-0.25, -0.2) is 0 Å². The van der Waals surface area contributed by atoms with Crippen LogP contribution < -0.4 is 10.1 Å². The fourth-order valence-electron chi connectivity index (χ4n) is 1.16. The van der Waals surface area contributed by atoms with Crippen molar-refractivity contribution in [3.63, 3.8) is 0 Å². The van der Waals surface area contributed by atoms with Crippen LogP contribution in [-0.4, -0.2) is 7.11 Å². The Morgan fingerprint density at radius 3 is 2.86 bits per heavy atom. The third kappa shape index (κ3) is 3.52. The monoisotopic (exact) mass is 191 g/mol. The number of allylic oxidation sites excluding steroid dienone is 1. The van der Waals surface area contributed by atoms with Gasteiger partial charge in [0.2, 0.25) is 0 Å². The van der Waals surface area contributed by atoms with Crippen molar-refractivity contribution in [2.24, 2.45) is 0 Å². The molecule has 1 aromatic carbocycles. The van der Waals surface area contributed by atoms with Gasteiger partial charge in [-0.1, -0.05) is 17.7 Å². The maximum absolute atomic E-state index is 5.14. The molecule has 76 valence electrons. The molecule has 2 nitrogen and oxygen atoms in total. The highest BCUT2D eigenvalue weighted by Crippen LogP contribution is 2.11. The maximum Gasteiger partial charge on any atom is 0.119 e. The van der Waals surface area contributed by atoms with Crippen molar-refractivity contribution in [2.45, 2.75) is 20.4 Å². The van der Waals surface area contributed by atoms with E-state index in [9.17, 15) is 0 Å². The molecule has 0 aliphatic heterocycles. The van der Waals surface area contributed by atoms with Gasteiger partial charge in [0.15, 0.2) is 0 Å². The Kier molecular flexibility index (Phi) is 4.05. The highest BCUT2D eigenvalue weighted by molar-refractivity contribution is 5.28. The smallest absolute Gasteiger partial charge is 0.119 e. The zero-order valence-corrected chi connectivity index (χ0v) is 9.00. The normalized spacial score (nSPS) is 9.36. The van der Waals surface area contributed by atoms with Crippen molar-refractivity contribution in [3.8, 4) is 5.75 Å². The van der Waals surface area contributed by atoms with Crippen LogP contribution in [0.4, 0.5) is 0 Å². The number of benzene rings is 1. The summed E-state index contributed by atoms with van der Waals surface area (Å²) in [5.41, 5.74) is 2.50. The van der Waals surface area contributed by atoms with Crippen LogP contribution in [0.2, 0.25) is 0 Å². The van der Waals surface area contributed by atoms with Gasteiger partial charge in [0.1, 0.15) is 5.75 Å². The second-order valence-corrected chi connectivity index (χ2v) is 3.45. The molecule has 1 N–H and O–H groups in total. The van der Waals surface area contributed by atoms with Crippen LogP contribution >= 0.6 is 0 Å². The van der Waals surface area contributed by atoms with E-state index in [1.54, 1.807) is 7.11 Å². The summed E-state index contributed by atoms with van der Waals surface area (Å²) in [5.74, 6) is 0.904. The highest BCUT2D eigenvalue weighted by atomic mass is 16.5. The highest BCUT2D eigenvalue weighted by Gasteiger charge is 1.93. The van der Waals surface area contributed by atoms with E-state index in [0.29, 0.717) is 0 Å². The Bertz CT molecular complexity index is 314. The quantitative estimate of drug-likeness (QED) is 0.790. The summed E-state index contributed by atoms with van der Waals surface area (Å²) in [6, 6.07) is 8.06. The molecule has 0 aliphatic rings. The lowest BCUT2D eigenvalue weighted by atomic mass is 10.2. The molecule has 0 saturated carbocycles. The lowest BCUT2D eigenvalue weighted by Gasteiger charge is -2.04. The molecular formula is C12H17NO. The Morgan fingerprint density at radius 1 is 1.43 bits per heavy atom. The molecule has 14 heavy (non-hydrogen) atoms. The van der Waals surface area contributed by atoms with Crippen LogP contribution in [0.25, 0.3) is 0 Å². The van der Waals surface area contributed by atoms with Crippen molar-refractivity contribution < 1.29 is 4.74 Å². The van der Waals surface area contributed by atoms with Crippen LogP contribution in [0.15, 0.2) is 36.0 Å². The zero-order chi connectivity index (χ0) is 10.4. The summed E-state index contributed by atoms with van der Waals surface area (Å²) in [4.78, 5) is 0. The van der Waals surface area contributed by atoms with Gasteiger partial charge in [0.05, 0.1) is 7.11 Å². The van der Waals surface area contributed by atoms with Crippen LogP contribution in [0.5, 0.6) is 5.75 Å². The molecule has 0 heterocycles. The van der Waals surface area contributed by atoms with Gasteiger partial charge in [0, 0.05) is 6.54 Å². The van der Waals surface area contributed by atoms with Crippen molar-refractivity contribution in [1.82, 2.24) is 5.32 Å². The van der Waals surface area contributed by atoms with E-state index in [-0.39, 0.29) is 0 Å². The number of methoxy groups -OCH3 is 1. The molecule has 0 radical (unpaired) electrons. The molecule has 1 rings (SSSR count). The lowest BCUT2D eigenvalue weighted by molar-refractivity contribution is 0.414. The van der Waals surface area contributed by atoms with Gasteiger partial charge in [-0.2, -0.15) is 0 Å². The standard InChI is InChI=1S/C12H17NO/c1-10(2)8-13-9-11-5-4-6-12(7-11)14-3/h4-8,13H,9H2,1-3H3. The van der Waals surface area contributed by atoms with Gasteiger partial charge in [-0.05, 0) is 37.7 Å². The average molecular weight is 191 g/mol. The van der Waals surface area contributed by atoms with Crippen LogP contribution in [0, 0.1) is 0 Å². The minimum atomic E-state index is 0.836. The minimum absolute atomic E-state index is 0.836. The Hall–Kier alpha value is -1.44. The first-order valence-electron chi connectivity index (χ1n) is 4.72. The van der Waals surface area contributed by atoms with Crippen LogP contribution in [0.1, 0.15) is 19.4 Å². The van der Waals surface area contributed by atoms with Crippen molar-refractivity contribution in [1.29, 1.82) is 0 Å². The van der Waals surface area contributed by atoms with Gasteiger partial charge in [0.25, 0.3) is 0 Å². The second kappa shape index (κ2) is 5.32. The summed E-state index contributed by atoms with van der Waals surface area (Å²) in [6.07, 6.45) is 2.01. The van der Waals surface area contributed by atoms with E-state index >= 15 is 0 Å². The van der Waals surface area contributed by atoms with Gasteiger partial charge in [-0.3, -0.25) is 0 Å². The Balaban J connectivity index is 2.54. The Morgan fingerprint density at radius 2 is 2.21 bits per heavy atom. The predicted molar refractivity (Wildman–Crippen MR) is 59.3 cm³/mol. The van der Waals surface area contributed by atoms with Crippen molar-refractivity contribution >= 4 is 0 Å². The SMILES string of the molecule is COc1cccc(CNC=C(C)C)c1. The van der Waals surface area contributed by atoms with Crippen molar-refractivity contribution in [2.75, 3.05) is 7.11 Å². The first-order valence-corrected chi connectivity index (χ1v) is 4.72. The average Bonchev–Trinajstić information content (AvgIpc) is 2.18. The molecule has 0 atom stereocenters. The summed E-state index contributed by atoms with van der Waals surface area (Å²) in [5, 5.41) is 3.23. The molecule has 0 fully saturated rings. The third-order valence-corrected chi connectivity index (χ3v) is 1.83. The zero-order valence-electron chi connectivity index (χ0n) is 9.00. The lowest BCUT2D eigenvalue weighted by Crippen LogP contribution is -2.04. The topological polar surface area (TPSA) is 21.3 Å². The minimum Gasteiger partial charge on any atom is -0.497 e. The van der Waals surface area contributed by atoms with Gasteiger partial charge < -0.3 is 10.1 Å². The number of ether oxygens (including phenoxy) is 1. The molecule has 0 spiro atoms. The van der Waals surface area contributed by atoms with E-state index in [1.807, 2.05) is 24.4 Å². The Labute approximate surface area is 85.6 Å². The molecule has 0 amide bonds. The van der Waals surface area contributed by atoms with E-state index in [1.165, 1.54) is 11.1 Å². The molecule has 0 aromatic heterocycles. The molecule has 1 aromatic rings. The van der Waals surface area contributed by atoms with Crippen LogP contribution in [-0.2, 0) is 6.54 Å². The molecular weight excluding hydrogens is 174 g/mol. The first-order chi connectivity index (χ1) is 6.72. The fourth-order valence-corrected chi connectivity index (χ4v) is 1.16. The van der Waals surface area contributed by atoms with Gasteiger partial charge >= 0.3 is 0 Å². The molecule has 0 bridgehead atoms. The van der Waals surface area contributed by atoms with Crippen LogP contribution in [0.3, 0.4) is 0 Å². The van der Waals surface area contributed by atoms with E-state index in [2.05, 4.69) is 25.2 Å². The number of nitrogens with one attached hydrogen (secondary N) is 1. The third-order valence-electron chi connectivity index (χ3n) is 1.83. The molecule has 2 heteroatoms. The fraction of sp³-hybridized carbons (Fsp3) is 0.333.